The molecule has 1 saturated heterocycles. The topological polar surface area (TPSA) is 49.8 Å². The maximum Gasteiger partial charge on any atom is 0.223 e. The summed E-state index contributed by atoms with van der Waals surface area (Å²) in [5.74, 6) is 0.142. The molecule has 2 unspecified atom stereocenters. The van der Waals surface area contributed by atoms with Crippen molar-refractivity contribution in [3.63, 3.8) is 0 Å². The monoisotopic (exact) mass is 291 g/mol. The van der Waals surface area contributed by atoms with Crippen LogP contribution >= 0.6 is 0 Å². The molecule has 1 aliphatic rings. The lowest BCUT2D eigenvalue weighted by atomic mass is 10.0. The maximum atomic E-state index is 12.4. The molecule has 0 aromatic heterocycles. The van der Waals surface area contributed by atoms with Crippen LogP contribution in [0.5, 0.6) is 0 Å². The van der Waals surface area contributed by atoms with Crippen molar-refractivity contribution in [2.24, 2.45) is 0 Å². The van der Waals surface area contributed by atoms with Crippen LogP contribution in [0.4, 0.5) is 0 Å². The van der Waals surface area contributed by atoms with Crippen molar-refractivity contribution in [3.8, 4) is 0 Å². The molecule has 1 aliphatic heterocycles. The van der Waals surface area contributed by atoms with E-state index in [1.165, 1.54) is 11.1 Å². The largest absolute Gasteiger partial charge is 0.394 e. The van der Waals surface area contributed by atoms with E-state index in [2.05, 4.69) is 31.2 Å². The molecule has 1 heterocycles. The second-order valence-electron chi connectivity index (χ2n) is 5.70. The molecule has 2 rings (SSSR count). The van der Waals surface area contributed by atoms with Gasteiger partial charge in [-0.15, -0.1) is 0 Å². The summed E-state index contributed by atoms with van der Waals surface area (Å²) >= 11 is 0. The third kappa shape index (κ3) is 4.29. The molecule has 0 bridgehead atoms. The number of rotatable bonds is 5. The minimum atomic E-state index is -0.242. The van der Waals surface area contributed by atoms with E-state index in [0.29, 0.717) is 19.6 Å². The van der Waals surface area contributed by atoms with Gasteiger partial charge in [0.15, 0.2) is 0 Å². The minimum absolute atomic E-state index is 0.0328. The van der Waals surface area contributed by atoms with E-state index in [-0.39, 0.29) is 24.7 Å². The number of hydrogen-bond acceptors (Lipinski definition) is 3. The molecule has 4 nitrogen and oxygen atoms in total. The van der Waals surface area contributed by atoms with Gasteiger partial charge in [-0.2, -0.15) is 0 Å². The van der Waals surface area contributed by atoms with Crippen molar-refractivity contribution < 1.29 is 14.6 Å². The predicted molar refractivity (Wildman–Crippen MR) is 82.1 cm³/mol. The molecule has 21 heavy (non-hydrogen) atoms. The Morgan fingerprint density at radius 1 is 1.33 bits per heavy atom. The van der Waals surface area contributed by atoms with Crippen LogP contribution in [0.1, 0.15) is 31.4 Å². The fourth-order valence-corrected chi connectivity index (χ4v) is 2.61. The van der Waals surface area contributed by atoms with Crippen LogP contribution < -0.4 is 0 Å². The minimum Gasteiger partial charge on any atom is -0.394 e. The van der Waals surface area contributed by atoms with Crippen molar-refractivity contribution in [2.75, 3.05) is 19.8 Å². The van der Waals surface area contributed by atoms with Crippen LogP contribution in [-0.4, -0.2) is 47.8 Å². The van der Waals surface area contributed by atoms with Gasteiger partial charge in [-0.3, -0.25) is 4.79 Å². The van der Waals surface area contributed by atoms with Crippen LogP contribution in [0.15, 0.2) is 24.3 Å². The van der Waals surface area contributed by atoms with E-state index in [4.69, 9.17) is 4.74 Å². The van der Waals surface area contributed by atoms with Gasteiger partial charge < -0.3 is 14.7 Å². The van der Waals surface area contributed by atoms with Crippen molar-refractivity contribution in [1.29, 1.82) is 0 Å². The number of aryl methyl sites for hydroxylation is 2. The second-order valence-corrected chi connectivity index (χ2v) is 5.70. The molecule has 1 N–H and O–H groups in total. The number of benzene rings is 1. The first-order valence-electron chi connectivity index (χ1n) is 7.73. The molecule has 0 saturated carbocycles. The lowest BCUT2D eigenvalue weighted by Gasteiger charge is -2.37. The average Bonchev–Trinajstić information content (AvgIpc) is 2.53. The number of hydrogen-bond donors (Lipinski definition) is 1. The van der Waals surface area contributed by atoms with Crippen molar-refractivity contribution in [1.82, 2.24) is 4.90 Å². The fraction of sp³-hybridized carbons (Fsp3) is 0.588. The zero-order valence-electron chi connectivity index (χ0n) is 12.9. The van der Waals surface area contributed by atoms with E-state index in [1.54, 1.807) is 0 Å². The highest BCUT2D eigenvalue weighted by Gasteiger charge is 2.28. The van der Waals surface area contributed by atoms with Gasteiger partial charge in [0.1, 0.15) is 0 Å². The van der Waals surface area contributed by atoms with Crippen LogP contribution in [0.25, 0.3) is 0 Å². The number of morpholine rings is 1. The van der Waals surface area contributed by atoms with Crippen LogP contribution in [0.2, 0.25) is 0 Å². The molecule has 116 valence electrons. The number of aliphatic hydroxyl groups excluding tert-OH is 1. The van der Waals surface area contributed by atoms with Crippen molar-refractivity contribution in [2.45, 2.75) is 45.3 Å². The summed E-state index contributed by atoms with van der Waals surface area (Å²) in [7, 11) is 0. The molecule has 1 amide bonds. The molecule has 1 aromatic rings. The Kier molecular flexibility index (Phi) is 5.76. The summed E-state index contributed by atoms with van der Waals surface area (Å²) < 4.78 is 5.46. The molecule has 1 aromatic carbocycles. The molecular weight excluding hydrogens is 266 g/mol. The number of amides is 1. The second kappa shape index (κ2) is 7.57. The average molecular weight is 291 g/mol. The highest BCUT2D eigenvalue weighted by atomic mass is 16.5. The SMILES string of the molecule is CCc1ccc(CCC(=O)N2CC(CO)OCC2C)cc1. The summed E-state index contributed by atoms with van der Waals surface area (Å²) in [6.07, 6.45) is 2.06. The smallest absolute Gasteiger partial charge is 0.223 e. The van der Waals surface area contributed by atoms with Crippen LogP contribution in [0.3, 0.4) is 0 Å². The van der Waals surface area contributed by atoms with Gasteiger partial charge in [-0.25, -0.2) is 0 Å². The fourth-order valence-electron chi connectivity index (χ4n) is 2.61. The van der Waals surface area contributed by atoms with Gasteiger partial charge in [0.25, 0.3) is 0 Å². The molecule has 0 aliphatic carbocycles. The van der Waals surface area contributed by atoms with E-state index in [0.717, 1.165) is 12.8 Å². The maximum absolute atomic E-state index is 12.4. The number of aliphatic hydroxyl groups is 1. The van der Waals surface area contributed by atoms with Gasteiger partial charge in [0, 0.05) is 13.0 Å². The van der Waals surface area contributed by atoms with Gasteiger partial charge in [-0.05, 0) is 30.9 Å². The first kappa shape index (κ1) is 16.0. The summed E-state index contributed by atoms with van der Waals surface area (Å²) in [5.41, 5.74) is 2.51. The quantitative estimate of drug-likeness (QED) is 0.900. The summed E-state index contributed by atoms with van der Waals surface area (Å²) in [5, 5.41) is 9.17. The predicted octanol–water partition coefficient (Wildman–Crippen LogP) is 1.79. The Morgan fingerprint density at radius 2 is 2.00 bits per heavy atom. The number of carbonyl (C=O) groups excluding carboxylic acids is 1. The zero-order chi connectivity index (χ0) is 15.2. The van der Waals surface area contributed by atoms with Gasteiger partial charge in [0.2, 0.25) is 5.91 Å². The number of nitrogens with zero attached hydrogens (tertiary/aromatic N) is 1. The molecule has 4 heteroatoms. The summed E-state index contributed by atoms with van der Waals surface area (Å²) in [6, 6.07) is 8.54. The Bertz CT molecular complexity index is 458. The number of carbonyl (C=O) groups is 1. The Balaban J connectivity index is 1.87. The first-order chi connectivity index (χ1) is 10.1. The standard InChI is InChI=1S/C17H25NO3/c1-3-14-4-6-15(7-5-14)8-9-17(20)18-10-16(11-19)21-12-13(18)2/h4-7,13,16,19H,3,8-12H2,1-2H3. The highest BCUT2D eigenvalue weighted by Crippen LogP contribution is 2.14. The lowest BCUT2D eigenvalue weighted by molar-refractivity contribution is -0.146. The molecule has 0 radical (unpaired) electrons. The van der Waals surface area contributed by atoms with E-state index < -0.39 is 0 Å². The molecular formula is C17H25NO3. The van der Waals surface area contributed by atoms with Gasteiger partial charge >= 0.3 is 0 Å². The lowest BCUT2D eigenvalue weighted by Crippen LogP contribution is -2.52. The normalized spacial score (nSPS) is 22.3. The zero-order valence-corrected chi connectivity index (χ0v) is 12.9. The van der Waals surface area contributed by atoms with Crippen molar-refractivity contribution in [3.05, 3.63) is 35.4 Å². The highest BCUT2D eigenvalue weighted by molar-refractivity contribution is 5.77. The van der Waals surface area contributed by atoms with E-state index in [1.807, 2.05) is 11.8 Å². The summed E-state index contributed by atoms with van der Waals surface area (Å²) in [6.45, 7) is 5.08. The molecule has 1 fully saturated rings. The van der Waals surface area contributed by atoms with Crippen LogP contribution in [-0.2, 0) is 22.4 Å². The first-order valence-corrected chi connectivity index (χ1v) is 7.73. The van der Waals surface area contributed by atoms with Crippen molar-refractivity contribution >= 4 is 5.91 Å². The Hall–Kier alpha value is -1.39. The van der Waals surface area contributed by atoms with Gasteiger partial charge in [-0.1, -0.05) is 31.2 Å². The third-order valence-corrected chi connectivity index (χ3v) is 4.09. The molecule has 0 spiro atoms. The van der Waals surface area contributed by atoms with E-state index >= 15 is 0 Å². The summed E-state index contributed by atoms with van der Waals surface area (Å²) in [4.78, 5) is 14.2. The Morgan fingerprint density at radius 3 is 2.62 bits per heavy atom. The van der Waals surface area contributed by atoms with Crippen LogP contribution in [0, 0.1) is 0 Å². The molecule has 2 atom stereocenters. The van der Waals surface area contributed by atoms with Gasteiger partial charge in [0.05, 0.1) is 25.4 Å². The third-order valence-electron chi connectivity index (χ3n) is 4.09. The number of ether oxygens (including phenoxy) is 1. The van der Waals surface area contributed by atoms with E-state index in [9.17, 15) is 9.90 Å². The Labute approximate surface area is 126 Å².